The number of likely N-dealkylation sites (tertiary alicyclic amines) is 1. The van der Waals surface area contributed by atoms with E-state index in [1.165, 1.54) is 0 Å². The molecule has 0 aromatic rings. The van der Waals surface area contributed by atoms with Crippen molar-refractivity contribution in [3.8, 4) is 6.07 Å². The van der Waals surface area contributed by atoms with Crippen LogP contribution >= 0.6 is 0 Å². The predicted octanol–water partition coefficient (Wildman–Crippen LogP) is -0.0280. The number of amides is 1. The van der Waals surface area contributed by atoms with Crippen LogP contribution in [0.4, 0.5) is 0 Å². The zero-order chi connectivity index (χ0) is 12.3. The Bertz CT molecular complexity index is 330. The number of rotatable bonds is 3. The van der Waals surface area contributed by atoms with Crippen LogP contribution in [-0.4, -0.2) is 42.0 Å². The highest BCUT2D eigenvalue weighted by atomic mass is 16.2. The molecule has 5 nitrogen and oxygen atoms in total. The molecule has 2 fully saturated rings. The summed E-state index contributed by atoms with van der Waals surface area (Å²) in [5.41, 5.74) is 5.19. The smallest absolute Gasteiger partial charge is 0.235 e. The van der Waals surface area contributed by atoms with Crippen molar-refractivity contribution in [1.29, 1.82) is 5.26 Å². The Kier molecular flexibility index (Phi) is 3.65. The molecule has 1 saturated carbocycles. The second-order valence-electron chi connectivity index (χ2n) is 5.23. The molecule has 0 bridgehead atoms. The third-order valence-corrected chi connectivity index (χ3v) is 3.73. The molecule has 2 rings (SSSR count). The van der Waals surface area contributed by atoms with Crippen molar-refractivity contribution in [2.75, 3.05) is 19.6 Å². The topological polar surface area (TPSA) is 82.2 Å². The fraction of sp³-hybridized carbons (Fsp3) is 0.833. The van der Waals surface area contributed by atoms with Crippen LogP contribution in [0.15, 0.2) is 0 Å². The molecule has 2 aliphatic rings. The van der Waals surface area contributed by atoms with Gasteiger partial charge >= 0.3 is 0 Å². The number of carbonyl (C=O) groups excluding carboxylic acids is 1. The summed E-state index contributed by atoms with van der Waals surface area (Å²) in [4.78, 5) is 13.9. The van der Waals surface area contributed by atoms with Gasteiger partial charge < -0.3 is 11.1 Å². The highest BCUT2D eigenvalue weighted by molar-refractivity contribution is 5.79. The molecule has 0 radical (unpaired) electrons. The number of nitrogens with two attached hydrogens (primary N) is 1. The lowest BCUT2D eigenvalue weighted by Gasteiger charge is -2.24. The number of nitrogens with zero attached hydrogens (tertiary/aromatic N) is 2. The third-order valence-electron chi connectivity index (χ3n) is 3.73. The number of nitriles is 1. The molecule has 1 aliphatic heterocycles. The molecule has 1 saturated heterocycles. The average Bonchev–Trinajstić information content (AvgIpc) is 2.89. The molecule has 5 heteroatoms. The van der Waals surface area contributed by atoms with Crippen LogP contribution in [0.25, 0.3) is 0 Å². The summed E-state index contributed by atoms with van der Waals surface area (Å²) in [6.07, 6.45) is 4.59. The van der Waals surface area contributed by atoms with Gasteiger partial charge in [0, 0.05) is 19.1 Å². The zero-order valence-electron chi connectivity index (χ0n) is 10.1. The zero-order valence-corrected chi connectivity index (χ0v) is 10.1. The van der Waals surface area contributed by atoms with E-state index in [2.05, 4.69) is 16.3 Å². The number of hydrogen-bond acceptors (Lipinski definition) is 4. The first-order valence-electron chi connectivity index (χ1n) is 6.34. The van der Waals surface area contributed by atoms with Gasteiger partial charge in [0.15, 0.2) is 0 Å². The Morgan fingerprint density at radius 2 is 2.24 bits per heavy atom. The Balaban J connectivity index is 1.83. The Labute approximate surface area is 102 Å². The van der Waals surface area contributed by atoms with Crippen LogP contribution in [0.1, 0.15) is 32.1 Å². The summed E-state index contributed by atoms with van der Waals surface area (Å²) in [6.45, 7) is 2.04. The van der Waals surface area contributed by atoms with E-state index < -0.39 is 5.54 Å². The Morgan fingerprint density at radius 3 is 2.76 bits per heavy atom. The van der Waals surface area contributed by atoms with E-state index in [0.717, 1.165) is 45.2 Å². The van der Waals surface area contributed by atoms with Crippen LogP contribution < -0.4 is 11.1 Å². The van der Waals surface area contributed by atoms with E-state index in [9.17, 15) is 10.1 Å². The van der Waals surface area contributed by atoms with Gasteiger partial charge in [-0.15, -0.1) is 0 Å². The van der Waals surface area contributed by atoms with Crippen LogP contribution in [0.3, 0.4) is 0 Å². The minimum absolute atomic E-state index is 0.0393. The highest BCUT2D eigenvalue weighted by Crippen LogP contribution is 2.28. The number of carbonyl (C=O) groups is 1. The van der Waals surface area contributed by atoms with Gasteiger partial charge in [0.2, 0.25) is 5.91 Å². The van der Waals surface area contributed by atoms with Crippen molar-refractivity contribution in [1.82, 2.24) is 10.2 Å². The lowest BCUT2D eigenvalue weighted by atomic mass is 10.00. The maximum Gasteiger partial charge on any atom is 0.235 e. The van der Waals surface area contributed by atoms with Gasteiger partial charge in [0.05, 0.1) is 12.6 Å². The largest absolute Gasteiger partial charge is 0.337 e. The lowest BCUT2D eigenvalue weighted by Crippen LogP contribution is -2.48. The fourth-order valence-corrected chi connectivity index (χ4v) is 2.76. The van der Waals surface area contributed by atoms with Crippen LogP contribution in [0.5, 0.6) is 0 Å². The standard InChI is InChI=1S/C12H20N4O/c13-9-12(4-1-2-5-12)15-11(17)8-16-6-3-10(14)7-16/h10H,1-8,14H2,(H,15,17)/t10-/m0/s1. The highest BCUT2D eigenvalue weighted by Gasteiger charge is 2.35. The molecule has 94 valence electrons. The molecule has 1 atom stereocenters. The lowest BCUT2D eigenvalue weighted by molar-refractivity contribution is -0.123. The van der Waals surface area contributed by atoms with E-state index in [1.807, 2.05) is 0 Å². The van der Waals surface area contributed by atoms with Crippen molar-refractivity contribution in [3.63, 3.8) is 0 Å². The molecule has 1 amide bonds. The molecular weight excluding hydrogens is 216 g/mol. The molecule has 1 aliphatic carbocycles. The van der Waals surface area contributed by atoms with Crippen LogP contribution in [0.2, 0.25) is 0 Å². The molecule has 17 heavy (non-hydrogen) atoms. The van der Waals surface area contributed by atoms with E-state index in [4.69, 9.17) is 5.73 Å². The van der Waals surface area contributed by atoms with Crippen LogP contribution in [-0.2, 0) is 4.79 Å². The SMILES string of the molecule is N#CC1(NC(=O)CN2CC[C@H](N)C2)CCCC1. The first-order chi connectivity index (χ1) is 8.13. The summed E-state index contributed by atoms with van der Waals surface area (Å²) in [6, 6.07) is 2.46. The maximum atomic E-state index is 11.9. The first kappa shape index (κ1) is 12.3. The molecule has 0 spiro atoms. The van der Waals surface area contributed by atoms with Gasteiger partial charge in [-0.05, 0) is 32.1 Å². The summed E-state index contributed by atoms with van der Waals surface area (Å²) < 4.78 is 0. The van der Waals surface area contributed by atoms with E-state index in [0.29, 0.717) is 6.54 Å². The minimum Gasteiger partial charge on any atom is -0.337 e. The minimum atomic E-state index is -0.598. The van der Waals surface area contributed by atoms with Gasteiger partial charge in [-0.3, -0.25) is 9.69 Å². The quantitative estimate of drug-likeness (QED) is 0.721. The van der Waals surface area contributed by atoms with E-state index >= 15 is 0 Å². The summed E-state index contributed by atoms with van der Waals surface area (Å²) in [5, 5.41) is 12.1. The van der Waals surface area contributed by atoms with Crippen molar-refractivity contribution in [2.45, 2.75) is 43.7 Å². The molecular formula is C12H20N4O. The maximum absolute atomic E-state index is 11.9. The monoisotopic (exact) mass is 236 g/mol. The van der Waals surface area contributed by atoms with Crippen molar-refractivity contribution >= 4 is 5.91 Å². The van der Waals surface area contributed by atoms with Gasteiger partial charge in [0.25, 0.3) is 0 Å². The average molecular weight is 236 g/mol. The second-order valence-corrected chi connectivity index (χ2v) is 5.23. The molecule has 0 unspecified atom stereocenters. The van der Waals surface area contributed by atoms with Gasteiger partial charge in [-0.25, -0.2) is 0 Å². The van der Waals surface area contributed by atoms with E-state index in [1.54, 1.807) is 0 Å². The molecule has 0 aromatic carbocycles. The van der Waals surface area contributed by atoms with Gasteiger partial charge in [-0.2, -0.15) is 5.26 Å². The normalized spacial score (nSPS) is 27.9. The fourth-order valence-electron chi connectivity index (χ4n) is 2.76. The van der Waals surface area contributed by atoms with Gasteiger partial charge in [-0.1, -0.05) is 0 Å². The number of hydrogen-bond donors (Lipinski definition) is 2. The predicted molar refractivity (Wildman–Crippen MR) is 64.0 cm³/mol. The molecule has 1 heterocycles. The van der Waals surface area contributed by atoms with Crippen molar-refractivity contribution < 1.29 is 4.79 Å². The van der Waals surface area contributed by atoms with Crippen molar-refractivity contribution in [3.05, 3.63) is 0 Å². The van der Waals surface area contributed by atoms with Crippen molar-refractivity contribution in [2.24, 2.45) is 5.73 Å². The Hall–Kier alpha value is -1.12. The van der Waals surface area contributed by atoms with Gasteiger partial charge in [0.1, 0.15) is 5.54 Å². The van der Waals surface area contributed by atoms with E-state index in [-0.39, 0.29) is 11.9 Å². The van der Waals surface area contributed by atoms with Crippen LogP contribution in [0, 0.1) is 11.3 Å². The Morgan fingerprint density at radius 1 is 1.53 bits per heavy atom. The summed E-state index contributed by atoms with van der Waals surface area (Å²) in [5.74, 6) is -0.0393. The third kappa shape index (κ3) is 2.96. The summed E-state index contributed by atoms with van der Waals surface area (Å²) >= 11 is 0. The summed E-state index contributed by atoms with van der Waals surface area (Å²) in [7, 11) is 0. The molecule has 3 N–H and O–H groups in total. The number of nitrogens with one attached hydrogen (secondary N) is 1. The molecule has 0 aromatic heterocycles. The first-order valence-corrected chi connectivity index (χ1v) is 6.34. The second kappa shape index (κ2) is 5.03.